The van der Waals surface area contributed by atoms with Gasteiger partial charge in [-0.15, -0.1) is 0 Å². The van der Waals surface area contributed by atoms with Crippen molar-refractivity contribution in [2.24, 2.45) is 7.05 Å². The van der Waals surface area contributed by atoms with Crippen LogP contribution in [-0.2, 0) is 18.2 Å². The van der Waals surface area contributed by atoms with Crippen LogP contribution in [0.2, 0.25) is 5.02 Å². The molecule has 0 saturated heterocycles. The van der Waals surface area contributed by atoms with Gasteiger partial charge in [-0.1, -0.05) is 11.6 Å². The molecule has 1 unspecified atom stereocenters. The lowest BCUT2D eigenvalue weighted by Gasteiger charge is -2.09. The summed E-state index contributed by atoms with van der Waals surface area (Å²) in [5.74, 6) is 0. The van der Waals surface area contributed by atoms with Crippen LogP contribution < -0.4 is 0 Å². The average molecular weight is 233 g/mol. The number of nitrogens with zero attached hydrogens (tertiary/aromatic N) is 2. The first-order chi connectivity index (χ1) is 7.06. The predicted octanol–water partition coefficient (Wildman–Crippen LogP) is 1.32. The van der Waals surface area contributed by atoms with Crippen molar-refractivity contribution in [3.05, 3.63) is 16.4 Å². The van der Waals surface area contributed by atoms with E-state index >= 15 is 0 Å². The predicted molar refractivity (Wildman–Crippen MR) is 59.2 cm³/mol. The number of aliphatic hydroxyl groups is 1. The summed E-state index contributed by atoms with van der Waals surface area (Å²) in [7, 11) is 3.43. The highest BCUT2D eigenvalue weighted by atomic mass is 35.5. The van der Waals surface area contributed by atoms with E-state index in [1.54, 1.807) is 11.8 Å². The number of ether oxygens (including phenoxy) is 1. The second-order valence-corrected chi connectivity index (χ2v) is 4.00. The number of halogens is 1. The van der Waals surface area contributed by atoms with E-state index in [1.807, 2.05) is 14.0 Å². The van der Waals surface area contributed by atoms with Crippen molar-refractivity contribution in [1.82, 2.24) is 9.78 Å². The molecule has 4 nitrogen and oxygen atoms in total. The van der Waals surface area contributed by atoms with Gasteiger partial charge in [-0.3, -0.25) is 4.68 Å². The molecule has 0 aliphatic carbocycles. The molecule has 1 heterocycles. The van der Waals surface area contributed by atoms with E-state index in [1.165, 1.54) is 0 Å². The minimum Gasteiger partial charge on any atom is -0.391 e. The van der Waals surface area contributed by atoms with Crippen molar-refractivity contribution in [2.45, 2.75) is 25.9 Å². The standard InChI is InChI=1S/C10H17ClN2O2/c1-7-10(11)9(13(2)12-7)5-4-8(14)6-15-3/h8,14H,4-6H2,1-3H3. The molecule has 0 bridgehead atoms. The van der Waals surface area contributed by atoms with Gasteiger partial charge in [0.15, 0.2) is 0 Å². The topological polar surface area (TPSA) is 47.3 Å². The zero-order chi connectivity index (χ0) is 11.4. The Hall–Kier alpha value is -0.580. The molecule has 0 fully saturated rings. The van der Waals surface area contributed by atoms with E-state index in [9.17, 15) is 5.11 Å². The lowest BCUT2D eigenvalue weighted by Crippen LogP contribution is -2.15. The Bertz CT molecular complexity index is 325. The number of hydrogen-bond acceptors (Lipinski definition) is 3. The van der Waals surface area contributed by atoms with Gasteiger partial charge in [0.2, 0.25) is 0 Å². The average Bonchev–Trinajstić information content (AvgIpc) is 2.40. The van der Waals surface area contributed by atoms with Gasteiger partial charge in [-0.05, 0) is 19.8 Å². The van der Waals surface area contributed by atoms with Crippen LogP contribution in [0.5, 0.6) is 0 Å². The molecule has 1 atom stereocenters. The van der Waals surface area contributed by atoms with Gasteiger partial charge in [0, 0.05) is 14.2 Å². The second kappa shape index (κ2) is 5.49. The molecule has 5 heteroatoms. The van der Waals surface area contributed by atoms with Crippen LogP contribution in [0.3, 0.4) is 0 Å². The molecule has 15 heavy (non-hydrogen) atoms. The monoisotopic (exact) mass is 232 g/mol. The van der Waals surface area contributed by atoms with Gasteiger partial charge < -0.3 is 9.84 Å². The van der Waals surface area contributed by atoms with Crippen LogP contribution in [0.4, 0.5) is 0 Å². The lowest BCUT2D eigenvalue weighted by atomic mass is 10.1. The molecular formula is C10H17ClN2O2. The van der Waals surface area contributed by atoms with Gasteiger partial charge >= 0.3 is 0 Å². The summed E-state index contributed by atoms with van der Waals surface area (Å²) in [4.78, 5) is 0. The highest BCUT2D eigenvalue weighted by Crippen LogP contribution is 2.21. The summed E-state index contributed by atoms with van der Waals surface area (Å²) in [6.45, 7) is 2.23. The van der Waals surface area contributed by atoms with Crippen LogP contribution in [0.25, 0.3) is 0 Å². The van der Waals surface area contributed by atoms with Crippen LogP contribution in [0.15, 0.2) is 0 Å². The molecule has 1 rings (SSSR count). The van der Waals surface area contributed by atoms with E-state index in [2.05, 4.69) is 5.10 Å². The number of aromatic nitrogens is 2. The van der Waals surface area contributed by atoms with Crippen molar-refractivity contribution in [3.63, 3.8) is 0 Å². The third kappa shape index (κ3) is 3.19. The minimum atomic E-state index is -0.443. The first kappa shape index (κ1) is 12.5. The molecule has 1 aromatic heterocycles. The molecular weight excluding hydrogens is 216 g/mol. The molecule has 0 aliphatic rings. The minimum absolute atomic E-state index is 0.356. The van der Waals surface area contributed by atoms with Crippen molar-refractivity contribution in [2.75, 3.05) is 13.7 Å². The Morgan fingerprint density at radius 3 is 2.73 bits per heavy atom. The maximum Gasteiger partial charge on any atom is 0.0846 e. The largest absolute Gasteiger partial charge is 0.391 e. The summed E-state index contributed by atoms with van der Waals surface area (Å²) in [6, 6.07) is 0. The molecule has 86 valence electrons. The fourth-order valence-electron chi connectivity index (χ4n) is 1.53. The van der Waals surface area contributed by atoms with Crippen LogP contribution in [-0.4, -0.2) is 34.7 Å². The van der Waals surface area contributed by atoms with E-state index in [4.69, 9.17) is 16.3 Å². The number of hydrogen-bond donors (Lipinski definition) is 1. The summed E-state index contributed by atoms with van der Waals surface area (Å²) in [6.07, 6.45) is 0.897. The SMILES string of the molecule is COCC(O)CCc1c(Cl)c(C)nn1C. The fourth-order valence-corrected chi connectivity index (χ4v) is 1.79. The maximum atomic E-state index is 9.50. The quantitative estimate of drug-likeness (QED) is 0.833. The summed E-state index contributed by atoms with van der Waals surface area (Å²) < 4.78 is 6.61. The Labute approximate surface area is 94.8 Å². The Balaban J connectivity index is 2.57. The van der Waals surface area contributed by atoms with E-state index in [-0.39, 0.29) is 0 Å². The molecule has 0 spiro atoms. The molecule has 1 N–H and O–H groups in total. The number of methoxy groups -OCH3 is 1. The van der Waals surface area contributed by atoms with Crippen molar-refractivity contribution >= 4 is 11.6 Å². The van der Waals surface area contributed by atoms with Gasteiger partial charge in [-0.2, -0.15) is 5.10 Å². The lowest BCUT2D eigenvalue weighted by molar-refractivity contribution is 0.0592. The maximum absolute atomic E-state index is 9.50. The van der Waals surface area contributed by atoms with E-state index in [0.717, 1.165) is 11.4 Å². The Morgan fingerprint density at radius 2 is 2.27 bits per heavy atom. The van der Waals surface area contributed by atoms with Crippen molar-refractivity contribution in [1.29, 1.82) is 0 Å². The molecule has 1 aromatic rings. The molecule has 0 aromatic carbocycles. The third-order valence-corrected chi connectivity index (χ3v) is 2.83. The summed E-state index contributed by atoms with van der Waals surface area (Å²) >= 11 is 6.08. The van der Waals surface area contributed by atoms with Crippen LogP contribution in [0, 0.1) is 6.92 Å². The number of aliphatic hydroxyl groups excluding tert-OH is 1. The summed E-state index contributed by atoms with van der Waals surface area (Å²) in [5, 5.41) is 14.4. The highest BCUT2D eigenvalue weighted by Gasteiger charge is 2.12. The van der Waals surface area contributed by atoms with Gasteiger partial charge in [0.1, 0.15) is 0 Å². The smallest absolute Gasteiger partial charge is 0.0846 e. The van der Waals surface area contributed by atoms with Gasteiger partial charge in [0.05, 0.1) is 29.1 Å². The van der Waals surface area contributed by atoms with E-state index in [0.29, 0.717) is 24.5 Å². The van der Waals surface area contributed by atoms with Crippen LogP contribution >= 0.6 is 11.6 Å². The van der Waals surface area contributed by atoms with Gasteiger partial charge in [-0.25, -0.2) is 0 Å². The van der Waals surface area contributed by atoms with Gasteiger partial charge in [0.25, 0.3) is 0 Å². The molecule has 0 aliphatic heterocycles. The zero-order valence-corrected chi connectivity index (χ0v) is 10.1. The highest BCUT2D eigenvalue weighted by molar-refractivity contribution is 6.31. The third-order valence-electron chi connectivity index (χ3n) is 2.34. The molecule has 0 amide bonds. The van der Waals surface area contributed by atoms with Crippen molar-refractivity contribution in [3.8, 4) is 0 Å². The fraction of sp³-hybridized carbons (Fsp3) is 0.700. The normalized spacial score (nSPS) is 13.1. The number of rotatable bonds is 5. The molecule has 0 saturated carbocycles. The molecule has 0 radical (unpaired) electrons. The Kier molecular flexibility index (Phi) is 4.57. The first-order valence-electron chi connectivity index (χ1n) is 4.91. The van der Waals surface area contributed by atoms with E-state index < -0.39 is 6.10 Å². The second-order valence-electron chi connectivity index (χ2n) is 3.62. The Morgan fingerprint density at radius 1 is 1.60 bits per heavy atom. The first-order valence-corrected chi connectivity index (χ1v) is 5.29. The summed E-state index contributed by atoms with van der Waals surface area (Å²) in [5.41, 5.74) is 1.79. The van der Waals surface area contributed by atoms with Crippen molar-refractivity contribution < 1.29 is 9.84 Å². The van der Waals surface area contributed by atoms with Crippen LogP contribution in [0.1, 0.15) is 17.8 Å². The number of aryl methyl sites for hydroxylation is 2. The zero-order valence-electron chi connectivity index (χ0n) is 9.33.